The molecule has 4 heteroatoms. The summed E-state index contributed by atoms with van der Waals surface area (Å²) in [6, 6.07) is 40.6. The Morgan fingerprint density at radius 2 is 1.12 bits per heavy atom. The van der Waals surface area contributed by atoms with Gasteiger partial charge in [-0.3, -0.25) is 0 Å². The predicted molar refractivity (Wildman–Crippen MR) is 132 cm³/mol. The summed E-state index contributed by atoms with van der Waals surface area (Å²) < 4.78 is 1.90. The lowest BCUT2D eigenvalue weighted by atomic mass is 10.1. The average molecular weight is 415 g/mol. The smallest absolute Gasteiger partial charge is 0.102 e. The molecule has 0 N–H and O–H groups in total. The molecule has 0 amide bonds. The highest BCUT2D eigenvalue weighted by Gasteiger charge is 2.12. The number of aromatic nitrogens is 2. The topological polar surface area (TPSA) is 33.4 Å². The normalized spacial score (nSPS) is 11.0. The van der Waals surface area contributed by atoms with Gasteiger partial charge in [0.1, 0.15) is 5.69 Å². The minimum Gasteiger partial charge on any atom is -0.240 e. The van der Waals surface area contributed by atoms with Crippen molar-refractivity contribution < 1.29 is 0 Å². The van der Waals surface area contributed by atoms with Crippen LogP contribution in [0.4, 0.5) is 11.4 Å². The molecule has 0 fully saturated rings. The highest BCUT2D eigenvalue weighted by molar-refractivity contribution is 5.89. The molecule has 0 radical (unpaired) electrons. The molecule has 4 nitrogen and oxygen atoms in total. The first-order valence-corrected chi connectivity index (χ1v) is 10.5. The SMILES string of the molecule is C(=N\N(c1ccccc1)c1ccccc1)/c1cn(-c2ccccc2)nc1-c1ccccc1. The van der Waals surface area contributed by atoms with Crippen LogP contribution >= 0.6 is 0 Å². The number of para-hydroxylation sites is 3. The van der Waals surface area contributed by atoms with Crippen LogP contribution < -0.4 is 5.01 Å². The Labute approximate surface area is 187 Å². The van der Waals surface area contributed by atoms with E-state index in [2.05, 4.69) is 36.4 Å². The first-order valence-electron chi connectivity index (χ1n) is 10.5. The Bertz CT molecular complexity index is 1260. The third kappa shape index (κ3) is 4.20. The van der Waals surface area contributed by atoms with E-state index in [-0.39, 0.29) is 0 Å². The highest BCUT2D eigenvalue weighted by atomic mass is 15.5. The molecule has 5 rings (SSSR count). The molecule has 0 aliphatic carbocycles. The van der Waals surface area contributed by atoms with Gasteiger partial charge in [0.2, 0.25) is 0 Å². The summed E-state index contributed by atoms with van der Waals surface area (Å²) in [5, 5.41) is 11.7. The van der Waals surface area contributed by atoms with Crippen LogP contribution in [-0.2, 0) is 0 Å². The summed E-state index contributed by atoms with van der Waals surface area (Å²) in [7, 11) is 0. The fraction of sp³-hybridized carbons (Fsp3) is 0. The van der Waals surface area contributed by atoms with Crippen molar-refractivity contribution in [3.05, 3.63) is 133 Å². The third-order valence-corrected chi connectivity index (χ3v) is 5.12. The van der Waals surface area contributed by atoms with Crippen LogP contribution in [0.3, 0.4) is 0 Å². The van der Waals surface area contributed by atoms with Gasteiger partial charge in [-0.25, -0.2) is 9.69 Å². The van der Waals surface area contributed by atoms with Gasteiger partial charge in [-0.2, -0.15) is 10.2 Å². The molecule has 154 valence electrons. The summed E-state index contributed by atoms with van der Waals surface area (Å²) in [4.78, 5) is 0. The Morgan fingerprint density at radius 1 is 0.625 bits per heavy atom. The minimum atomic E-state index is 0.888. The van der Waals surface area contributed by atoms with Gasteiger partial charge in [-0.15, -0.1) is 0 Å². The van der Waals surface area contributed by atoms with E-state index in [4.69, 9.17) is 10.2 Å². The molecule has 32 heavy (non-hydrogen) atoms. The molecule has 0 spiro atoms. The monoisotopic (exact) mass is 414 g/mol. The number of rotatable bonds is 6. The van der Waals surface area contributed by atoms with Gasteiger partial charge in [-0.1, -0.05) is 84.9 Å². The van der Waals surface area contributed by atoms with E-state index in [1.54, 1.807) is 0 Å². The summed E-state index contributed by atoms with van der Waals surface area (Å²) in [6.45, 7) is 0. The quantitative estimate of drug-likeness (QED) is 0.228. The van der Waals surface area contributed by atoms with Crippen molar-refractivity contribution in [1.82, 2.24) is 9.78 Å². The van der Waals surface area contributed by atoms with E-state index in [0.717, 1.165) is 33.9 Å². The van der Waals surface area contributed by atoms with Gasteiger partial charge < -0.3 is 0 Å². The summed E-state index contributed by atoms with van der Waals surface area (Å²) >= 11 is 0. The Balaban J connectivity index is 1.59. The van der Waals surface area contributed by atoms with Crippen LogP contribution in [0, 0.1) is 0 Å². The van der Waals surface area contributed by atoms with Crippen LogP contribution in [-0.4, -0.2) is 16.0 Å². The molecule has 0 aliphatic heterocycles. The van der Waals surface area contributed by atoms with E-state index >= 15 is 0 Å². The Kier molecular flexibility index (Phi) is 5.58. The second-order valence-electron chi connectivity index (χ2n) is 7.31. The summed E-state index contributed by atoms with van der Waals surface area (Å²) in [5.41, 5.74) is 5.87. The maximum atomic E-state index is 4.88. The summed E-state index contributed by atoms with van der Waals surface area (Å²) in [5.74, 6) is 0. The lowest BCUT2D eigenvalue weighted by Gasteiger charge is -2.19. The molecule has 0 atom stereocenters. The van der Waals surface area contributed by atoms with Crippen molar-refractivity contribution >= 4 is 17.6 Å². The van der Waals surface area contributed by atoms with Crippen molar-refractivity contribution in [3.63, 3.8) is 0 Å². The minimum absolute atomic E-state index is 0.888. The fourth-order valence-corrected chi connectivity index (χ4v) is 3.56. The van der Waals surface area contributed by atoms with Gasteiger partial charge >= 0.3 is 0 Å². The Morgan fingerprint density at radius 3 is 1.69 bits per heavy atom. The number of hydrazone groups is 1. The van der Waals surface area contributed by atoms with Crippen molar-refractivity contribution in [2.75, 3.05) is 5.01 Å². The number of anilines is 2. The van der Waals surface area contributed by atoms with Gasteiger partial charge in [0.25, 0.3) is 0 Å². The van der Waals surface area contributed by atoms with Gasteiger partial charge in [-0.05, 0) is 36.4 Å². The molecule has 0 saturated carbocycles. The van der Waals surface area contributed by atoms with Crippen LogP contribution in [0.5, 0.6) is 0 Å². The standard InChI is InChI=1S/C28H22N4/c1-5-13-23(14-6-1)28-24(22-31(30-28)25-15-7-2-8-16-25)21-29-32(26-17-9-3-10-18-26)27-19-11-4-12-20-27/h1-22H/b29-21+. The van der Waals surface area contributed by atoms with E-state index < -0.39 is 0 Å². The van der Waals surface area contributed by atoms with Gasteiger partial charge in [0.15, 0.2) is 0 Å². The molecule has 5 aromatic rings. The molecule has 0 saturated heterocycles. The first kappa shape index (κ1) is 19.5. The number of hydrogen-bond donors (Lipinski definition) is 0. The molecular formula is C28H22N4. The van der Waals surface area contributed by atoms with Crippen molar-refractivity contribution in [1.29, 1.82) is 0 Å². The van der Waals surface area contributed by atoms with Gasteiger partial charge in [0, 0.05) is 17.3 Å². The van der Waals surface area contributed by atoms with Crippen LogP contribution in [0.2, 0.25) is 0 Å². The zero-order valence-electron chi connectivity index (χ0n) is 17.5. The maximum Gasteiger partial charge on any atom is 0.102 e. The number of nitrogens with zero attached hydrogens (tertiary/aromatic N) is 4. The van der Waals surface area contributed by atoms with Crippen LogP contribution in [0.25, 0.3) is 16.9 Å². The lowest BCUT2D eigenvalue weighted by Crippen LogP contribution is -2.09. The molecule has 1 heterocycles. The molecule has 4 aromatic carbocycles. The predicted octanol–water partition coefficient (Wildman–Crippen LogP) is 6.71. The second kappa shape index (κ2) is 9.14. The van der Waals surface area contributed by atoms with Crippen LogP contribution in [0.1, 0.15) is 5.56 Å². The lowest BCUT2D eigenvalue weighted by molar-refractivity contribution is 0.884. The number of hydrogen-bond acceptors (Lipinski definition) is 3. The zero-order valence-corrected chi connectivity index (χ0v) is 17.5. The molecule has 0 aliphatic rings. The van der Waals surface area contributed by atoms with E-state index in [1.807, 2.05) is 107 Å². The largest absolute Gasteiger partial charge is 0.240 e. The average Bonchev–Trinajstić information content (AvgIpc) is 3.31. The van der Waals surface area contributed by atoms with Gasteiger partial charge in [0.05, 0.1) is 23.3 Å². The van der Waals surface area contributed by atoms with Crippen molar-refractivity contribution in [2.45, 2.75) is 0 Å². The van der Waals surface area contributed by atoms with Crippen LogP contribution in [0.15, 0.2) is 133 Å². The molecule has 0 unspecified atom stereocenters. The zero-order chi connectivity index (χ0) is 21.6. The molecule has 0 bridgehead atoms. The first-order chi connectivity index (χ1) is 15.9. The maximum absolute atomic E-state index is 4.88. The van der Waals surface area contributed by atoms with Crippen molar-refractivity contribution in [2.24, 2.45) is 5.10 Å². The molecular weight excluding hydrogens is 392 g/mol. The second-order valence-corrected chi connectivity index (χ2v) is 7.31. The van der Waals surface area contributed by atoms with Crippen molar-refractivity contribution in [3.8, 4) is 16.9 Å². The fourth-order valence-electron chi connectivity index (χ4n) is 3.56. The summed E-state index contributed by atoms with van der Waals surface area (Å²) in [6.07, 6.45) is 3.91. The third-order valence-electron chi connectivity index (χ3n) is 5.12. The van der Waals surface area contributed by atoms with E-state index in [9.17, 15) is 0 Å². The number of benzene rings is 4. The highest BCUT2D eigenvalue weighted by Crippen LogP contribution is 2.27. The Hall–Kier alpha value is -4.44. The molecule has 1 aromatic heterocycles. The van der Waals surface area contributed by atoms with E-state index in [0.29, 0.717) is 0 Å². The van der Waals surface area contributed by atoms with E-state index in [1.165, 1.54) is 0 Å².